The van der Waals surface area contributed by atoms with Gasteiger partial charge in [0.1, 0.15) is 6.54 Å². The monoisotopic (exact) mass is 239 g/mol. The third kappa shape index (κ3) is 5.79. The molecule has 1 fully saturated rings. The van der Waals surface area contributed by atoms with Crippen molar-refractivity contribution in [1.29, 1.82) is 0 Å². The molecule has 0 spiro atoms. The van der Waals surface area contributed by atoms with E-state index >= 15 is 0 Å². The van der Waals surface area contributed by atoms with Crippen LogP contribution in [0.25, 0.3) is 0 Å². The molecule has 1 saturated heterocycles. The van der Waals surface area contributed by atoms with Crippen molar-refractivity contribution in [2.45, 2.75) is 19.0 Å². The average molecular weight is 239 g/mol. The van der Waals surface area contributed by atoms with Gasteiger partial charge >= 0.3 is 12.2 Å². The number of carbonyl (C=O) groups excluding carboxylic acids is 1. The van der Waals surface area contributed by atoms with Crippen LogP contribution in [0.5, 0.6) is 0 Å². The van der Waals surface area contributed by atoms with E-state index in [9.17, 15) is 18.0 Å². The number of nitrogens with one attached hydrogen (secondary N) is 3. The van der Waals surface area contributed by atoms with Crippen LogP contribution < -0.4 is 16.0 Å². The zero-order valence-electron chi connectivity index (χ0n) is 8.86. The Balaban J connectivity index is 2.01. The van der Waals surface area contributed by atoms with E-state index < -0.39 is 18.8 Å². The van der Waals surface area contributed by atoms with Crippen molar-refractivity contribution in [3.8, 4) is 0 Å². The highest BCUT2D eigenvalue weighted by atomic mass is 19.4. The summed E-state index contributed by atoms with van der Waals surface area (Å²) >= 11 is 0. The number of alkyl halides is 3. The van der Waals surface area contributed by atoms with Gasteiger partial charge in [-0.15, -0.1) is 0 Å². The molecule has 0 saturated carbocycles. The van der Waals surface area contributed by atoms with Gasteiger partial charge in [-0.2, -0.15) is 13.2 Å². The summed E-state index contributed by atoms with van der Waals surface area (Å²) in [7, 11) is 0. The molecule has 1 heterocycles. The van der Waals surface area contributed by atoms with Gasteiger partial charge in [0.2, 0.25) is 0 Å². The average Bonchev–Trinajstić information content (AvgIpc) is 2.66. The summed E-state index contributed by atoms with van der Waals surface area (Å²) < 4.78 is 35.2. The number of halogens is 3. The lowest BCUT2D eigenvalue weighted by atomic mass is 10.1. The Labute approximate surface area is 92.0 Å². The van der Waals surface area contributed by atoms with Crippen molar-refractivity contribution in [1.82, 2.24) is 16.0 Å². The minimum absolute atomic E-state index is 0.413. The van der Waals surface area contributed by atoms with Crippen molar-refractivity contribution in [3.05, 3.63) is 0 Å². The van der Waals surface area contributed by atoms with E-state index in [0.717, 1.165) is 25.9 Å². The summed E-state index contributed by atoms with van der Waals surface area (Å²) in [5, 5.41) is 7.34. The standard InChI is InChI=1S/C9H16F3N3O/c10-9(11,12)6-15-8(16)14-4-2-7-1-3-13-5-7/h7,13H,1-6H2,(H2,14,15,16). The highest BCUT2D eigenvalue weighted by molar-refractivity contribution is 5.73. The first-order valence-electron chi connectivity index (χ1n) is 5.26. The molecule has 1 aliphatic heterocycles. The van der Waals surface area contributed by atoms with Gasteiger partial charge in [-0.3, -0.25) is 0 Å². The third-order valence-electron chi connectivity index (χ3n) is 2.45. The molecule has 0 aromatic rings. The van der Waals surface area contributed by atoms with Crippen molar-refractivity contribution in [3.63, 3.8) is 0 Å². The van der Waals surface area contributed by atoms with Crippen molar-refractivity contribution >= 4 is 6.03 Å². The molecule has 1 unspecified atom stereocenters. The van der Waals surface area contributed by atoms with Crippen molar-refractivity contribution in [2.24, 2.45) is 5.92 Å². The fourth-order valence-electron chi connectivity index (χ4n) is 1.59. The molecule has 1 rings (SSSR count). The molecule has 0 aliphatic carbocycles. The highest BCUT2D eigenvalue weighted by Gasteiger charge is 2.27. The molecule has 0 radical (unpaired) electrons. The largest absolute Gasteiger partial charge is 0.405 e. The number of urea groups is 1. The van der Waals surface area contributed by atoms with Gasteiger partial charge in [-0.25, -0.2) is 4.79 Å². The van der Waals surface area contributed by atoms with Crippen molar-refractivity contribution in [2.75, 3.05) is 26.2 Å². The van der Waals surface area contributed by atoms with E-state index in [-0.39, 0.29) is 0 Å². The van der Waals surface area contributed by atoms with E-state index in [1.807, 2.05) is 0 Å². The Morgan fingerprint density at radius 2 is 2.12 bits per heavy atom. The Morgan fingerprint density at radius 1 is 1.38 bits per heavy atom. The van der Waals surface area contributed by atoms with Crippen molar-refractivity contribution < 1.29 is 18.0 Å². The van der Waals surface area contributed by atoms with E-state index in [2.05, 4.69) is 10.6 Å². The zero-order chi connectivity index (χ0) is 12.0. The number of carbonyl (C=O) groups is 1. The quantitative estimate of drug-likeness (QED) is 0.681. The summed E-state index contributed by atoms with van der Waals surface area (Å²) in [6, 6.07) is -0.761. The van der Waals surface area contributed by atoms with Gasteiger partial charge in [0.05, 0.1) is 0 Å². The first kappa shape index (κ1) is 13.1. The first-order chi connectivity index (χ1) is 7.47. The maximum absolute atomic E-state index is 11.7. The van der Waals surface area contributed by atoms with Crippen LogP contribution in [0.1, 0.15) is 12.8 Å². The molecule has 4 nitrogen and oxygen atoms in total. The zero-order valence-corrected chi connectivity index (χ0v) is 8.86. The Hall–Kier alpha value is -0.980. The molecule has 0 bridgehead atoms. The molecule has 94 valence electrons. The molecule has 0 aromatic heterocycles. The summed E-state index contributed by atoms with van der Waals surface area (Å²) in [6.45, 7) is 1.02. The molecule has 7 heteroatoms. The van der Waals surface area contributed by atoms with Crippen LogP contribution in [-0.4, -0.2) is 38.4 Å². The SMILES string of the molecule is O=C(NCCC1CCNC1)NCC(F)(F)F. The van der Waals surface area contributed by atoms with Gasteiger partial charge in [-0.1, -0.05) is 0 Å². The van der Waals surface area contributed by atoms with Crippen LogP contribution >= 0.6 is 0 Å². The molecule has 16 heavy (non-hydrogen) atoms. The van der Waals surface area contributed by atoms with E-state index in [1.54, 1.807) is 5.32 Å². The summed E-state index contributed by atoms with van der Waals surface area (Å²) in [4.78, 5) is 10.9. The number of hydrogen-bond acceptors (Lipinski definition) is 2. The van der Waals surface area contributed by atoms with Crippen LogP contribution in [0.4, 0.5) is 18.0 Å². The van der Waals surface area contributed by atoms with Gasteiger partial charge in [-0.05, 0) is 31.8 Å². The maximum atomic E-state index is 11.7. The lowest BCUT2D eigenvalue weighted by Gasteiger charge is -2.11. The van der Waals surface area contributed by atoms with Crippen LogP contribution in [0.15, 0.2) is 0 Å². The number of hydrogen-bond donors (Lipinski definition) is 3. The first-order valence-corrected chi connectivity index (χ1v) is 5.26. The van der Waals surface area contributed by atoms with Crippen LogP contribution in [-0.2, 0) is 0 Å². The van der Waals surface area contributed by atoms with Crippen LogP contribution in [0.3, 0.4) is 0 Å². The van der Waals surface area contributed by atoms with E-state index in [1.165, 1.54) is 0 Å². The Kier molecular flexibility index (Phi) is 4.85. The van der Waals surface area contributed by atoms with E-state index in [0.29, 0.717) is 12.5 Å². The van der Waals surface area contributed by atoms with Gasteiger partial charge < -0.3 is 16.0 Å². The Morgan fingerprint density at radius 3 is 2.69 bits per heavy atom. The molecular weight excluding hydrogens is 223 g/mol. The van der Waals surface area contributed by atoms with Gasteiger partial charge in [0.15, 0.2) is 0 Å². The number of amides is 2. The lowest BCUT2D eigenvalue weighted by Crippen LogP contribution is -2.41. The third-order valence-corrected chi connectivity index (χ3v) is 2.45. The van der Waals surface area contributed by atoms with Crippen LogP contribution in [0, 0.1) is 5.92 Å². The fraction of sp³-hybridized carbons (Fsp3) is 0.889. The smallest absolute Gasteiger partial charge is 0.338 e. The Bertz CT molecular complexity index is 227. The maximum Gasteiger partial charge on any atom is 0.405 e. The molecule has 3 N–H and O–H groups in total. The van der Waals surface area contributed by atoms with Crippen LogP contribution in [0.2, 0.25) is 0 Å². The fourth-order valence-corrected chi connectivity index (χ4v) is 1.59. The second kappa shape index (κ2) is 5.93. The summed E-state index contributed by atoms with van der Waals surface area (Å²) in [6.07, 6.45) is -2.50. The summed E-state index contributed by atoms with van der Waals surface area (Å²) in [5.41, 5.74) is 0. The topological polar surface area (TPSA) is 53.2 Å². The minimum atomic E-state index is -4.35. The lowest BCUT2D eigenvalue weighted by molar-refractivity contribution is -0.122. The van der Waals surface area contributed by atoms with E-state index in [4.69, 9.17) is 0 Å². The second-order valence-corrected chi connectivity index (χ2v) is 3.87. The molecule has 1 atom stereocenters. The molecule has 0 aromatic carbocycles. The second-order valence-electron chi connectivity index (χ2n) is 3.87. The number of rotatable bonds is 4. The molecule has 1 aliphatic rings. The van der Waals surface area contributed by atoms with Gasteiger partial charge in [0, 0.05) is 6.54 Å². The minimum Gasteiger partial charge on any atom is -0.338 e. The highest BCUT2D eigenvalue weighted by Crippen LogP contribution is 2.12. The predicted molar refractivity (Wildman–Crippen MR) is 53.1 cm³/mol. The van der Waals surface area contributed by atoms with Gasteiger partial charge in [0.25, 0.3) is 0 Å². The predicted octanol–water partition coefficient (Wildman–Crippen LogP) is 0.847. The molecule has 2 amide bonds. The molecular formula is C9H16F3N3O. The summed E-state index contributed by atoms with van der Waals surface area (Å²) in [5.74, 6) is 0.517. The normalized spacial score (nSPS) is 20.8.